The number of nitrogens with zero attached hydrogens (tertiary/aromatic N) is 1. The number of likely N-dealkylation sites (tertiary alicyclic amines) is 1. The van der Waals surface area contributed by atoms with Crippen molar-refractivity contribution in [3.8, 4) is 5.75 Å². The average Bonchev–Trinajstić information content (AvgIpc) is 3.12. The fraction of sp³-hybridized carbons (Fsp3) is 0.609. The van der Waals surface area contributed by atoms with E-state index in [-0.39, 0.29) is 18.4 Å². The Morgan fingerprint density at radius 1 is 1.20 bits per heavy atom. The molecule has 1 aromatic rings. The van der Waals surface area contributed by atoms with Crippen LogP contribution in [0.2, 0.25) is 0 Å². The molecule has 2 aliphatic rings. The molecular weight excluding hydrogens is 384 g/mol. The molecule has 30 heavy (non-hydrogen) atoms. The first-order chi connectivity index (χ1) is 14.3. The number of carbonyl (C=O) groups excluding carboxylic acids is 3. The number of hydrogen-bond acceptors (Lipinski definition) is 5. The van der Waals surface area contributed by atoms with Crippen LogP contribution in [-0.4, -0.2) is 48.5 Å². The third-order valence-corrected chi connectivity index (χ3v) is 6.58. The average molecular weight is 417 g/mol. The minimum atomic E-state index is -0.972. The quantitative estimate of drug-likeness (QED) is 0.720. The van der Waals surface area contributed by atoms with Crippen LogP contribution in [0.4, 0.5) is 5.69 Å². The molecule has 1 heterocycles. The van der Waals surface area contributed by atoms with Crippen molar-refractivity contribution in [2.24, 2.45) is 17.8 Å². The number of benzene rings is 1. The first-order valence-corrected chi connectivity index (χ1v) is 10.8. The minimum Gasteiger partial charge on any atom is -0.495 e. The van der Waals surface area contributed by atoms with E-state index >= 15 is 0 Å². The van der Waals surface area contributed by atoms with Crippen LogP contribution in [0, 0.1) is 17.8 Å². The molecule has 3 rings (SSSR count). The van der Waals surface area contributed by atoms with Crippen LogP contribution in [0.15, 0.2) is 24.3 Å². The Morgan fingerprint density at radius 3 is 2.67 bits per heavy atom. The molecule has 2 fully saturated rings. The summed E-state index contributed by atoms with van der Waals surface area (Å²) >= 11 is 0. The summed E-state index contributed by atoms with van der Waals surface area (Å²) in [6.45, 7) is 6.32. The fourth-order valence-electron chi connectivity index (χ4n) is 4.51. The lowest BCUT2D eigenvalue weighted by Gasteiger charge is -2.39. The van der Waals surface area contributed by atoms with Crippen LogP contribution >= 0.6 is 0 Å². The van der Waals surface area contributed by atoms with Gasteiger partial charge in [0.05, 0.1) is 18.7 Å². The Hall–Kier alpha value is -2.57. The molecule has 1 N–H and O–H groups in total. The normalized spacial score (nSPS) is 27.5. The number of para-hydroxylation sites is 2. The predicted molar refractivity (Wildman–Crippen MR) is 113 cm³/mol. The molecule has 1 aromatic carbocycles. The van der Waals surface area contributed by atoms with Crippen molar-refractivity contribution in [3.05, 3.63) is 24.3 Å². The van der Waals surface area contributed by atoms with Crippen molar-refractivity contribution < 1.29 is 23.9 Å². The van der Waals surface area contributed by atoms with Crippen LogP contribution < -0.4 is 10.1 Å². The van der Waals surface area contributed by atoms with E-state index in [0.29, 0.717) is 29.8 Å². The largest absolute Gasteiger partial charge is 0.495 e. The lowest BCUT2D eigenvalue weighted by atomic mass is 9.77. The van der Waals surface area contributed by atoms with Crippen LogP contribution in [-0.2, 0) is 19.1 Å². The second kappa shape index (κ2) is 9.49. The van der Waals surface area contributed by atoms with Crippen molar-refractivity contribution in [3.63, 3.8) is 0 Å². The van der Waals surface area contributed by atoms with Gasteiger partial charge in [0.25, 0.3) is 5.91 Å². The lowest BCUT2D eigenvalue weighted by molar-refractivity contribution is -0.157. The molecule has 0 bridgehead atoms. The Balaban J connectivity index is 1.56. The predicted octanol–water partition coefficient (Wildman–Crippen LogP) is 3.24. The van der Waals surface area contributed by atoms with Crippen molar-refractivity contribution >= 4 is 23.5 Å². The van der Waals surface area contributed by atoms with Gasteiger partial charge < -0.3 is 19.7 Å². The molecule has 0 aromatic heterocycles. The molecule has 1 aliphatic carbocycles. The number of nitrogens with one attached hydrogen (secondary N) is 1. The molecule has 7 heteroatoms. The van der Waals surface area contributed by atoms with Gasteiger partial charge in [0.1, 0.15) is 5.75 Å². The smallest absolute Gasteiger partial charge is 0.312 e. The number of methoxy groups -OCH3 is 1. The van der Waals surface area contributed by atoms with E-state index in [4.69, 9.17) is 9.47 Å². The molecule has 5 atom stereocenters. The molecule has 0 spiro atoms. The third kappa shape index (κ3) is 4.77. The van der Waals surface area contributed by atoms with E-state index in [9.17, 15) is 14.4 Å². The minimum absolute atomic E-state index is 0.00836. The van der Waals surface area contributed by atoms with Gasteiger partial charge in [0.15, 0.2) is 6.10 Å². The summed E-state index contributed by atoms with van der Waals surface area (Å²) in [7, 11) is 1.52. The summed E-state index contributed by atoms with van der Waals surface area (Å²) in [6.07, 6.45) is 2.45. The molecular formula is C23H32N2O5. The summed E-state index contributed by atoms with van der Waals surface area (Å²) in [5, 5.41) is 2.72. The zero-order chi connectivity index (χ0) is 21.8. The third-order valence-electron chi connectivity index (χ3n) is 6.58. The van der Waals surface area contributed by atoms with Gasteiger partial charge in [-0.05, 0) is 37.3 Å². The number of esters is 1. The Bertz CT molecular complexity index is 796. The maximum Gasteiger partial charge on any atom is 0.312 e. The first-order valence-electron chi connectivity index (χ1n) is 10.8. The van der Waals surface area contributed by atoms with Crippen LogP contribution in [0.5, 0.6) is 5.75 Å². The highest BCUT2D eigenvalue weighted by atomic mass is 16.5. The Morgan fingerprint density at radius 2 is 1.93 bits per heavy atom. The number of anilines is 1. The fourth-order valence-corrected chi connectivity index (χ4v) is 4.51. The molecule has 2 amide bonds. The SMILES string of the molecule is COc1ccccc1NC(=O)[C@H](C)OC(=O)[C@@H]1CC(=O)N([C@@H]2CCC[C@@H](C)[C@H]2C)C1. The van der Waals surface area contributed by atoms with Crippen molar-refractivity contribution in [1.29, 1.82) is 0 Å². The van der Waals surface area contributed by atoms with Gasteiger partial charge in [0.2, 0.25) is 5.91 Å². The standard InChI is InChI=1S/C23H32N2O5/c1-14-8-7-10-19(15(14)2)25-13-17(12-21(25)26)23(28)30-16(3)22(27)24-18-9-5-6-11-20(18)29-4/h5-6,9,11,14-17,19H,7-8,10,12-13H2,1-4H3,(H,24,27)/t14-,15-,16+,17-,19-/m1/s1. The molecule has 164 valence electrons. The highest BCUT2D eigenvalue weighted by Crippen LogP contribution is 2.36. The number of hydrogen-bond donors (Lipinski definition) is 1. The summed E-state index contributed by atoms with van der Waals surface area (Å²) in [5.74, 6) is 0.0628. The van der Waals surface area contributed by atoms with Crippen molar-refractivity contribution in [1.82, 2.24) is 4.90 Å². The Kier molecular flexibility index (Phi) is 7.00. The monoisotopic (exact) mass is 416 g/mol. The molecule has 0 unspecified atom stereocenters. The van der Waals surface area contributed by atoms with Crippen LogP contribution in [0.25, 0.3) is 0 Å². The molecule has 7 nitrogen and oxygen atoms in total. The van der Waals surface area contributed by atoms with Gasteiger partial charge in [-0.25, -0.2) is 0 Å². The van der Waals surface area contributed by atoms with Crippen LogP contribution in [0.3, 0.4) is 0 Å². The van der Waals surface area contributed by atoms with Gasteiger partial charge >= 0.3 is 5.97 Å². The summed E-state index contributed by atoms with van der Waals surface area (Å²) in [5.41, 5.74) is 0.510. The number of rotatable bonds is 6. The second-order valence-corrected chi connectivity index (χ2v) is 8.55. The molecule has 1 aliphatic heterocycles. The van der Waals surface area contributed by atoms with E-state index in [1.807, 2.05) is 4.90 Å². The van der Waals surface area contributed by atoms with Crippen molar-refractivity contribution in [2.75, 3.05) is 19.0 Å². The zero-order valence-corrected chi connectivity index (χ0v) is 18.2. The summed E-state index contributed by atoms with van der Waals surface area (Å²) in [6, 6.07) is 7.21. The van der Waals surface area contributed by atoms with Gasteiger partial charge in [-0.3, -0.25) is 14.4 Å². The van der Waals surface area contributed by atoms with E-state index in [2.05, 4.69) is 19.2 Å². The highest BCUT2D eigenvalue weighted by molar-refractivity contribution is 5.96. The maximum absolute atomic E-state index is 12.6. The van der Waals surface area contributed by atoms with Gasteiger partial charge in [-0.2, -0.15) is 0 Å². The molecule has 1 saturated carbocycles. The van der Waals surface area contributed by atoms with Crippen molar-refractivity contribution in [2.45, 2.75) is 58.6 Å². The number of ether oxygens (including phenoxy) is 2. The van der Waals surface area contributed by atoms with E-state index in [0.717, 1.165) is 12.8 Å². The topological polar surface area (TPSA) is 84.9 Å². The summed E-state index contributed by atoms with van der Waals surface area (Å²) < 4.78 is 10.6. The number of amides is 2. The number of carbonyl (C=O) groups is 3. The molecule has 0 radical (unpaired) electrons. The molecule has 1 saturated heterocycles. The van der Waals surface area contributed by atoms with Gasteiger partial charge in [-0.1, -0.05) is 38.8 Å². The lowest BCUT2D eigenvalue weighted by Crippen LogP contribution is -2.45. The van der Waals surface area contributed by atoms with Crippen LogP contribution in [0.1, 0.15) is 46.5 Å². The van der Waals surface area contributed by atoms with E-state index in [1.54, 1.807) is 24.3 Å². The maximum atomic E-state index is 12.6. The van der Waals surface area contributed by atoms with Gasteiger partial charge in [-0.15, -0.1) is 0 Å². The van der Waals surface area contributed by atoms with E-state index < -0.39 is 23.9 Å². The summed E-state index contributed by atoms with van der Waals surface area (Å²) in [4.78, 5) is 39.6. The Labute approximate surface area is 178 Å². The second-order valence-electron chi connectivity index (χ2n) is 8.55. The zero-order valence-electron chi connectivity index (χ0n) is 18.2. The van der Waals surface area contributed by atoms with E-state index in [1.165, 1.54) is 20.5 Å². The first kappa shape index (κ1) is 22.1. The highest BCUT2D eigenvalue weighted by Gasteiger charge is 2.42. The van der Waals surface area contributed by atoms with Gasteiger partial charge in [0, 0.05) is 19.0 Å².